The first-order valence-corrected chi connectivity index (χ1v) is 12.1. The van der Waals surface area contributed by atoms with Crippen LogP contribution in [-0.2, 0) is 40.2 Å². The van der Waals surface area contributed by atoms with E-state index in [1.54, 1.807) is 10.9 Å². The Morgan fingerprint density at radius 1 is 1.22 bits per heavy atom. The topological polar surface area (TPSA) is 107 Å². The number of benzene rings is 2. The van der Waals surface area contributed by atoms with Gasteiger partial charge >= 0.3 is 11.9 Å². The first-order valence-electron chi connectivity index (χ1n) is 12.1. The van der Waals surface area contributed by atoms with E-state index < -0.39 is 0 Å². The first-order chi connectivity index (χ1) is 17.3. The van der Waals surface area contributed by atoms with Crippen LogP contribution in [0.25, 0.3) is 5.69 Å². The van der Waals surface area contributed by atoms with E-state index in [0.29, 0.717) is 17.9 Å². The number of rotatable bonds is 7. The van der Waals surface area contributed by atoms with E-state index >= 15 is 0 Å². The van der Waals surface area contributed by atoms with Crippen LogP contribution in [0.4, 0.5) is 0 Å². The minimum absolute atomic E-state index is 0.0493. The van der Waals surface area contributed by atoms with E-state index in [1.165, 1.54) is 18.1 Å². The van der Waals surface area contributed by atoms with E-state index in [2.05, 4.69) is 16.4 Å². The highest BCUT2D eigenvalue weighted by Crippen LogP contribution is 2.38. The molecule has 1 aliphatic rings. The van der Waals surface area contributed by atoms with Gasteiger partial charge < -0.3 is 9.47 Å². The highest BCUT2D eigenvalue weighted by Gasteiger charge is 2.31. The van der Waals surface area contributed by atoms with Crippen LogP contribution in [0.1, 0.15) is 53.8 Å². The van der Waals surface area contributed by atoms with Crippen molar-refractivity contribution in [3.63, 3.8) is 0 Å². The van der Waals surface area contributed by atoms with Gasteiger partial charge in [0.15, 0.2) is 0 Å². The number of carbonyl (C=O) groups is 2. The summed E-state index contributed by atoms with van der Waals surface area (Å²) in [4.78, 5) is 24.4. The fourth-order valence-corrected chi connectivity index (χ4v) is 4.83. The highest BCUT2D eigenvalue weighted by molar-refractivity contribution is 5.73. The molecule has 0 radical (unpaired) electrons. The summed E-state index contributed by atoms with van der Waals surface area (Å²) in [5.74, 6) is -0.146. The zero-order valence-corrected chi connectivity index (χ0v) is 21.1. The van der Waals surface area contributed by atoms with Crippen molar-refractivity contribution >= 4 is 11.9 Å². The van der Waals surface area contributed by atoms with Crippen molar-refractivity contribution in [3.8, 4) is 17.5 Å². The standard InChI is InChI=1S/C28H30N4O4/c1-17-13-27(36-20(4)33)19(3)26-14-22(7-10-25(17)26)18(2)28(34)35-16-23-15-32(31-30-23)24-8-5-21(6-9-24)11-12-29/h5-6,8-9,13,15,18,22H,7,10-11,14,16H2,1-4H3/t18-,22-/m1/s1. The normalized spacial score (nSPS) is 15.5. The SMILES string of the molecule is CC(=O)Oc1cc(C)c2c(c1C)C[C@H]([C@@H](C)C(=O)OCc1cn(-c3ccc(CC#N)cc3)nn1)CC2. The Labute approximate surface area is 210 Å². The lowest BCUT2D eigenvalue weighted by atomic mass is 9.75. The highest BCUT2D eigenvalue weighted by atomic mass is 16.5. The number of esters is 2. The lowest BCUT2D eigenvalue weighted by molar-refractivity contribution is -0.151. The van der Waals surface area contributed by atoms with Crippen molar-refractivity contribution in [3.05, 3.63) is 70.0 Å². The molecule has 0 amide bonds. The molecule has 0 unspecified atom stereocenters. The summed E-state index contributed by atoms with van der Waals surface area (Å²) < 4.78 is 12.6. The zero-order valence-electron chi connectivity index (χ0n) is 21.1. The number of hydrogen-bond acceptors (Lipinski definition) is 7. The second-order valence-corrected chi connectivity index (χ2v) is 9.42. The Morgan fingerprint density at radius 3 is 2.67 bits per heavy atom. The van der Waals surface area contributed by atoms with Crippen molar-refractivity contribution in [2.75, 3.05) is 0 Å². The van der Waals surface area contributed by atoms with Gasteiger partial charge in [0.05, 0.1) is 30.3 Å². The smallest absolute Gasteiger partial charge is 0.309 e. The van der Waals surface area contributed by atoms with Crippen molar-refractivity contribution < 1.29 is 19.1 Å². The minimum atomic E-state index is -0.338. The summed E-state index contributed by atoms with van der Waals surface area (Å²) in [7, 11) is 0. The molecular weight excluding hydrogens is 456 g/mol. The van der Waals surface area contributed by atoms with Crippen LogP contribution in [0.5, 0.6) is 5.75 Å². The van der Waals surface area contributed by atoms with Crippen LogP contribution < -0.4 is 4.74 Å². The molecule has 0 saturated heterocycles. The maximum Gasteiger partial charge on any atom is 0.309 e. The molecule has 1 aliphatic carbocycles. The number of nitrogens with zero attached hydrogens (tertiary/aromatic N) is 4. The summed E-state index contributed by atoms with van der Waals surface area (Å²) in [5.41, 5.74) is 6.85. The number of nitriles is 1. The number of aromatic nitrogens is 3. The molecule has 0 bridgehead atoms. The fourth-order valence-electron chi connectivity index (χ4n) is 4.83. The quantitative estimate of drug-likeness (QED) is 0.361. The number of aryl methyl sites for hydroxylation is 1. The molecule has 186 valence electrons. The van der Waals surface area contributed by atoms with Crippen LogP contribution in [0.2, 0.25) is 0 Å². The monoisotopic (exact) mass is 486 g/mol. The summed E-state index contributed by atoms with van der Waals surface area (Å²) in [6.45, 7) is 7.38. The molecule has 4 rings (SSSR count). The molecule has 3 aromatic rings. The van der Waals surface area contributed by atoms with Crippen LogP contribution in [0, 0.1) is 37.0 Å². The molecule has 8 heteroatoms. The Bertz CT molecular complexity index is 1320. The van der Waals surface area contributed by atoms with E-state index in [0.717, 1.165) is 41.6 Å². The summed E-state index contributed by atoms with van der Waals surface area (Å²) in [6.07, 6.45) is 4.61. The number of carbonyl (C=O) groups excluding carboxylic acids is 2. The van der Waals surface area contributed by atoms with E-state index in [9.17, 15) is 9.59 Å². The molecule has 0 fully saturated rings. The predicted octanol–water partition coefficient (Wildman–Crippen LogP) is 4.36. The van der Waals surface area contributed by atoms with Crippen LogP contribution >= 0.6 is 0 Å². The maximum absolute atomic E-state index is 12.9. The second kappa shape index (κ2) is 10.7. The van der Waals surface area contributed by atoms with Gasteiger partial charge in [-0.2, -0.15) is 5.26 Å². The lowest BCUT2D eigenvalue weighted by Gasteiger charge is -2.31. The van der Waals surface area contributed by atoms with Crippen LogP contribution in [-0.4, -0.2) is 26.9 Å². The van der Waals surface area contributed by atoms with Crippen LogP contribution in [0.15, 0.2) is 36.5 Å². The van der Waals surface area contributed by atoms with E-state index in [1.807, 2.05) is 51.1 Å². The Kier molecular flexibility index (Phi) is 7.49. The number of ether oxygens (including phenoxy) is 2. The van der Waals surface area contributed by atoms with Gasteiger partial charge in [-0.05, 0) is 85.0 Å². The Balaban J connectivity index is 1.38. The van der Waals surface area contributed by atoms with Gasteiger partial charge in [-0.15, -0.1) is 5.10 Å². The molecule has 8 nitrogen and oxygen atoms in total. The van der Waals surface area contributed by atoms with Crippen molar-refractivity contribution in [2.24, 2.45) is 11.8 Å². The zero-order chi connectivity index (χ0) is 25.8. The molecule has 0 aliphatic heterocycles. The van der Waals surface area contributed by atoms with Gasteiger partial charge in [-0.25, -0.2) is 4.68 Å². The second-order valence-electron chi connectivity index (χ2n) is 9.42. The third-order valence-electron chi connectivity index (χ3n) is 6.96. The third-order valence-corrected chi connectivity index (χ3v) is 6.96. The van der Waals surface area contributed by atoms with Gasteiger partial charge in [0, 0.05) is 6.92 Å². The fraction of sp³-hybridized carbons (Fsp3) is 0.393. The lowest BCUT2D eigenvalue weighted by Crippen LogP contribution is -2.29. The number of fused-ring (bicyclic) bond motifs is 1. The largest absolute Gasteiger partial charge is 0.459 e. The van der Waals surface area contributed by atoms with Gasteiger partial charge in [-0.3, -0.25) is 9.59 Å². The van der Waals surface area contributed by atoms with E-state index in [-0.39, 0.29) is 30.4 Å². The molecule has 0 saturated carbocycles. The van der Waals surface area contributed by atoms with Crippen LogP contribution in [0.3, 0.4) is 0 Å². The number of hydrogen-bond donors (Lipinski definition) is 0. The van der Waals surface area contributed by atoms with Crippen molar-refractivity contribution in [2.45, 2.75) is 60.0 Å². The van der Waals surface area contributed by atoms with Gasteiger partial charge in [0.1, 0.15) is 18.1 Å². The van der Waals surface area contributed by atoms with Gasteiger partial charge in [-0.1, -0.05) is 24.3 Å². The first kappa shape index (κ1) is 25.1. The van der Waals surface area contributed by atoms with E-state index in [4.69, 9.17) is 14.7 Å². The molecule has 2 atom stereocenters. The van der Waals surface area contributed by atoms with Crippen molar-refractivity contribution in [1.29, 1.82) is 5.26 Å². The van der Waals surface area contributed by atoms with Crippen molar-refractivity contribution in [1.82, 2.24) is 15.0 Å². The third kappa shape index (κ3) is 5.46. The summed E-state index contributed by atoms with van der Waals surface area (Å²) in [5, 5.41) is 17.0. The molecular formula is C28H30N4O4. The summed E-state index contributed by atoms with van der Waals surface area (Å²) >= 11 is 0. The Morgan fingerprint density at radius 2 is 1.97 bits per heavy atom. The van der Waals surface area contributed by atoms with Gasteiger partial charge in [0.2, 0.25) is 0 Å². The summed E-state index contributed by atoms with van der Waals surface area (Å²) in [6, 6.07) is 11.6. The molecule has 36 heavy (non-hydrogen) atoms. The molecule has 0 N–H and O–H groups in total. The maximum atomic E-state index is 12.9. The molecule has 0 spiro atoms. The predicted molar refractivity (Wildman–Crippen MR) is 132 cm³/mol. The average molecular weight is 487 g/mol. The average Bonchev–Trinajstić information content (AvgIpc) is 3.34. The Hall–Kier alpha value is -3.99. The molecule has 1 heterocycles. The molecule has 1 aromatic heterocycles. The molecule has 2 aromatic carbocycles. The minimum Gasteiger partial charge on any atom is -0.459 e. The van der Waals surface area contributed by atoms with Gasteiger partial charge in [0.25, 0.3) is 0 Å².